The lowest BCUT2D eigenvalue weighted by molar-refractivity contribution is 0.101. The lowest BCUT2D eigenvalue weighted by atomic mass is 10.1. The van der Waals surface area contributed by atoms with Gasteiger partial charge in [0.25, 0.3) is 0 Å². The summed E-state index contributed by atoms with van der Waals surface area (Å²) >= 11 is 5.73. The van der Waals surface area contributed by atoms with Gasteiger partial charge in [-0.05, 0) is 19.1 Å². The van der Waals surface area contributed by atoms with Gasteiger partial charge in [0.15, 0.2) is 5.78 Å². The number of aromatic hydroxyl groups is 1. The summed E-state index contributed by atoms with van der Waals surface area (Å²) in [4.78, 5) is 11.0. The second-order valence-electron chi connectivity index (χ2n) is 2.72. The summed E-state index contributed by atoms with van der Waals surface area (Å²) in [5.74, 6) is -0.297. The van der Waals surface area contributed by atoms with Crippen molar-refractivity contribution in [3.63, 3.8) is 0 Å². The molecule has 0 unspecified atom stereocenters. The van der Waals surface area contributed by atoms with Gasteiger partial charge in [-0.3, -0.25) is 4.79 Å². The van der Waals surface area contributed by atoms with Crippen LogP contribution < -0.4 is 5.73 Å². The van der Waals surface area contributed by atoms with Crippen LogP contribution in [0.5, 0.6) is 5.75 Å². The van der Waals surface area contributed by atoms with Crippen molar-refractivity contribution in [2.75, 3.05) is 0 Å². The molecule has 0 saturated carbocycles. The molecule has 0 fully saturated rings. The molecule has 4 heteroatoms. The minimum absolute atomic E-state index is 0.0700. The molecule has 0 aliphatic heterocycles. The van der Waals surface area contributed by atoms with Gasteiger partial charge in [0.2, 0.25) is 0 Å². The molecular formula is C9H10ClNO2. The minimum Gasteiger partial charge on any atom is -0.507 e. The van der Waals surface area contributed by atoms with Gasteiger partial charge < -0.3 is 10.8 Å². The summed E-state index contributed by atoms with van der Waals surface area (Å²) in [7, 11) is 0. The van der Waals surface area contributed by atoms with E-state index in [1.54, 1.807) is 6.07 Å². The Labute approximate surface area is 81.1 Å². The number of Topliss-reactive ketones (excluding diaryl/α,β-unsaturated/α-hetero) is 1. The summed E-state index contributed by atoms with van der Waals surface area (Å²) in [5, 5.41) is 9.93. The van der Waals surface area contributed by atoms with Crippen LogP contribution in [0.1, 0.15) is 22.8 Å². The van der Waals surface area contributed by atoms with Gasteiger partial charge in [-0.2, -0.15) is 0 Å². The maximum Gasteiger partial charge on any atom is 0.163 e. The molecule has 1 aromatic carbocycles. The fourth-order valence-electron chi connectivity index (χ4n) is 1.08. The zero-order valence-corrected chi connectivity index (χ0v) is 7.93. The van der Waals surface area contributed by atoms with E-state index in [4.69, 9.17) is 17.3 Å². The quantitative estimate of drug-likeness (QED) is 0.713. The molecule has 0 aliphatic rings. The van der Waals surface area contributed by atoms with Crippen molar-refractivity contribution in [1.82, 2.24) is 0 Å². The van der Waals surface area contributed by atoms with Crippen molar-refractivity contribution in [1.29, 1.82) is 0 Å². The lowest BCUT2D eigenvalue weighted by Gasteiger charge is -2.06. The van der Waals surface area contributed by atoms with Gasteiger partial charge in [0.05, 0.1) is 5.56 Å². The van der Waals surface area contributed by atoms with E-state index in [-0.39, 0.29) is 23.6 Å². The smallest absolute Gasteiger partial charge is 0.163 e. The SMILES string of the molecule is CC(=O)c1cc(Cl)cc(CN)c1O. The molecule has 3 nitrogen and oxygen atoms in total. The maximum absolute atomic E-state index is 11.0. The van der Waals surface area contributed by atoms with Crippen molar-refractivity contribution in [3.8, 4) is 5.75 Å². The highest BCUT2D eigenvalue weighted by atomic mass is 35.5. The topological polar surface area (TPSA) is 63.3 Å². The molecule has 0 heterocycles. The van der Waals surface area contributed by atoms with Gasteiger partial charge in [0.1, 0.15) is 5.75 Å². The van der Waals surface area contributed by atoms with E-state index < -0.39 is 0 Å². The van der Waals surface area contributed by atoms with E-state index in [1.807, 2.05) is 0 Å². The number of rotatable bonds is 2. The average molecular weight is 200 g/mol. The van der Waals surface area contributed by atoms with Gasteiger partial charge >= 0.3 is 0 Å². The summed E-state index contributed by atoms with van der Waals surface area (Å²) in [6, 6.07) is 2.97. The third kappa shape index (κ3) is 1.99. The molecule has 70 valence electrons. The highest BCUT2D eigenvalue weighted by Gasteiger charge is 2.11. The average Bonchev–Trinajstić information content (AvgIpc) is 2.08. The van der Waals surface area contributed by atoms with E-state index in [0.717, 1.165) is 0 Å². The van der Waals surface area contributed by atoms with Crippen molar-refractivity contribution in [2.45, 2.75) is 13.5 Å². The van der Waals surface area contributed by atoms with Crippen LogP contribution in [0.15, 0.2) is 12.1 Å². The Morgan fingerprint density at radius 2 is 2.23 bits per heavy atom. The molecule has 13 heavy (non-hydrogen) atoms. The fraction of sp³-hybridized carbons (Fsp3) is 0.222. The molecule has 0 aromatic heterocycles. The van der Waals surface area contributed by atoms with E-state index in [9.17, 15) is 9.90 Å². The second-order valence-corrected chi connectivity index (χ2v) is 3.16. The number of carbonyl (C=O) groups excluding carboxylic acids is 1. The van der Waals surface area contributed by atoms with Crippen LogP contribution in [0.3, 0.4) is 0 Å². The molecule has 0 spiro atoms. The van der Waals surface area contributed by atoms with Gasteiger partial charge in [0, 0.05) is 17.1 Å². The predicted octanol–water partition coefficient (Wildman–Crippen LogP) is 1.71. The largest absolute Gasteiger partial charge is 0.507 e. The number of carbonyl (C=O) groups is 1. The summed E-state index contributed by atoms with van der Waals surface area (Å²) in [6.07, 6.45) is 0. The van der Waals surface area contributed by atoms with Crippen LogP contribution in [0.25, 0.3) is 0 Å². The first-order valence-electron chi connectivity index (χ1n) is 3.78. The normalized spacial score (nSPS) is 10.1. The molecule has 0 aliphatic carbocycles. The van der Waals surface area contributed by atoms with E-state index >= 15 is 0 Å². The first kappa shape index (κ1) is 10.0. The molecule has 1 aromatic rings. The van der Waals surface area contributed by atoms with Crippen LogP contribution in [0, 0.1) is 0 Å². The van der Waals surface area contributed by atoms with Crippen LogP contribution >= 0.6 is 11.6 Å². The van der Waals surface area contributed by atoms with Crippen LogP contribution in [-0.2, 0) is 6.54 Å². The first-order chi connectivity index (χ1) is 6.06. The number of hydrogen-bond donors (Lipinski definition) is 2. The molecule has 3 N–H and O–H groups in total. The zero-order chi connectivity index (χ0) is 10.0. The van der Waals surface area contributed by atoms with E-state index in [0.29, 0.717) is 10.6 Å². The van der Waals surface area contributed by atoms with Crippen LogP contribution in [-0.4, -0.2) is 10.9 Å². The Bertz CT molecular complexity index is 350. The number of phenolic OH excluding ortho intramolecular Hbond substituents is 1. The molecule has 0 saturated heterocycles. The van der Waals surface area contributed by atoms with Gasteiger partial charge in [-0.15, -0.1) is 0 Å². The maximum atomic E-state index is 11.0. The summed E-state index contributed by atoms with van der Waals surface area (Å²) in [5.41, 5.74) is 6.06. The third-order valence-electron chi connectivity index (χ3n) is 1.75. The monoisotopic (exact) mass is 199 g/mol. The third-order valence-corrected chi connectivity index (χ3v) is 1.97. The highest BCUT2D eigenvalue weighted by Crippen LogP contribution is 2.26. The van der Waals surface area contributed by atoms with Crippen LogP contribution in [0.4, 0.5) is 0 Å². The lowest BCUT2D eigenvalue weighted by Crippen LogP contribution is -2.01. The minimum atomic E-state index is -0.227. The molecular weight excluding hydrogens is 190 g/mol. The van der Waals surface area contributed by atoms with E-state index in [1.165, 1.54) is 13.0 Å². The van der Waals surface area contributed by atoms with Crippen molar-refractivity contribution in [2.24, 2.45) is 5.73 Å². The number of ketones is 1. The molecule has 0 radical (unpaired) electrons. The Balaban J connectivity index is 3.35. The van der Waals surface area contributed by atoms with E-state index in [2.05, 4.69) is 0 Å². The number of phenols is 1. The first-order valence-corrected chi connectivity index (χ1v) is 4.16. The molecule has 0 amide bonds. The zero-order valence-electron chi connectivity index (χ0n) is 7.17. The Kier molecular flexibility index (Phi) is 2.90. The number of nitrogens with two attached hydrogens (primary N) is 1. The standard InChI is InChI=1S/C9H10ClNO2/c1-5(12)8-3-7(10)2-6(4-11)9(8)13/h2-3,13H,4,11H2,1H3. The Morgan fingerprint density at radius 3 is 2.69 bits per heavy atom. The molecule has 0 bridgehead atoms. The predicted molar refractivity (Wildman–Crippen MR) is 51.0 cm³/mol. The van der Waals surface area contributed by atoms with Crippen LogP contribution in [0.2, 0.25) is 5.02 Å². The summed E-state index contributed by atoms with van der Waals surface area (Å²) < 4.78 is 0. The van der Waals surface area contributed by atoms with Gasteiger partial charge in [-0.1, -0.05) is 11.6 Å². The van der Waals surface area contributed by atoms with Crippen molar-refractivity contribution in [3.05, 3.63) is 28.3 Å². The number of halogens is 1. The van der Waals surface area contributed by atoms with Crippen molar-refractivity contribution < 1.29 is 9.90 Å². The second kappa shape index (κ2) is 3.77. The fourth-order valence-corrected chi connectivity index (χ4v) is 1.32. The summed E-state index contributed by atoms with van der Waals surface area (Å²) in [6.45, 7) is 1.53. The van der Waals surface area contributed by atoms with Crippen molar-refractivity contribution >= 4 is 17.4 Å². The number of hydrogen-bond acceptors (Lipinski definition) is 3. The Morgan fingerprint density at radius 1 is 1.62 bits per heavy atom. The molecule has 1 rings (SSSR count). The number of benzene rings is 1. The highest BCUT2D eigenvalue weighted by molar-refractivity contribution is 6.31. The molecule has 0 atom stereocenters. The van der Waals surface area contributed by atoms with Gasteiger partial charge in [-0.25, -0.2) is 0 Å². The Hall–Kier alpha value is -1.06.